The van der Waals surface area contributed by atoms with Crippen LogP contribution in [-0.4, -0.2) is 11.2 Å². The van der Waals surface area contributed by atoms with Crippen molar-refractivity contribution in [2.75, 3.05) is 0 Å². The van der Waals surface area contributed by atoms with Crippen LogP contribution in [0.25, 0.3) is 0 Å². The van der Waals surface area contributed by atoms with Gasteiger partial charge < -0.3 is 5.11 Å². The van der Waals surface area contributed by atoms with E-state index in [-0.39, 0.29) is 6.10 Å². The van der Waals surface area contributed by atoms with Gasteiger partial charge in [0.05, 0.1) is 6.10 Å². The molecule has 0 radical (unpaired) electrons. The van der Waals surface area contributed by atoms with Gasteiger partial charge in [-0.1, -0.05) is 78.1 Å². The Kier molecular flexibility index (Phi) is 12.4. The predicted octanol–water partition coefficient (Wildman–Crippen LogP) is 5.31. The molecule has 1 N–H and O–H groups in total. The number of hydrogen-bond acceptors (Lipinski definition) is 1. The van der Waals surface area contributed by atoms with Crippen LogP contribution in [0, 0.1) is 5.92 Å². The molecule has 0 saturated heterocycles. The molecule has 0 unspecified atom stereocenters. The van der Waals surface area contributed by atoms with E-state index >= 15 is 0 Å². The predicted molar refractivity (Wildman–Crippen MR) is 77.3 cm³/mol. The Balaban J connectivity index is 3.03. The molecule has 17 heavy (non-hydrogen) atoms. The summed E-state index contributed by atoms with van der Waals surface area (Å²) in [6, 6.07) is 0. The highest BCUT2D eigenvalue weighted by Crippen LogP contribution is 2.15. The zero-order valence-electron chi connectivity index (χ0n) is 12.4. The summed E-state index contributed by atoms with van der Waals surface area (Å²) in [7, 11) is 0. The fourth-order valence-corrected chi connectivity index (χ4v) is 2.19. The minimum absolute atomic E-state index is 0.131. The summed E-state index contributed by atoms with van der Waals surface area (Å²) >= 11 is 0. The lowest BCUT2D eigenvalue weighted by Crippen LogP contribution is -2.12. The number of aliphatic hydroxyl groups excluding tert-OH is 1. The third-order valence-electron chi connectivity index (χ3n) is 3.84. The van der Waals surface area contributed by atoms with E-state index in [1.54, 1.807) is 0 Å². The Morgan fingerprint density at radius 1 is 0.706 bits per heavy atom. The second kappa shape index (κ2) is 12.4. The van der Waals surface area contributed by atoms with E-state index in [0.29, 0.717) is 5.92 Å². The smallest absolute Gasteiger partial charge is 0.0537 e. The van der Waals surface area contributed by atoms with E-state index in [1.807, 2.05) is 6.92 Å². The summed E-state index contributed by atoms with van der Waals surface area (Å²) in [5.74, 6) is 0.476. The average Bonchev–Trinajstić information content (AvgIpc) is 2.31. The molecule has 0 fully saturated rings. The second-order valence-corrected chi connectivity index (χ2v) is 5.69. The minimum atomic E-state index is -0.131. The maximum absolute atomic E-state index is 9.36. The van der Waals surface area contributed by atoms with Crippen LogP contribution in [0.15, 0.2) is 0 Å². The first-order chi connectivity index (χ1) is 8.18. The van der Waals surface area contributed by atoms with Gasteiger partial charge in [0.2, 0.25) is 0 Å². The van der Waals surface area contributed by atoms with Gasteiger partial charge in [-0.15, -0.1) is 0 Å². The maximum Gasteiger partial charge on any atom is 0.0537 e. The van der Waals surface area contributed by atoms with Gasteiger partial charge in [-0.25, -0.2) is 0 Å². The molecule has 0 bridgehead atoms. The first kappa shape index (κ1) is 17.0. The lowest BCUT2D eigenvalue weighted by atomic mass is 9.97. The number of hydrogen-bond donors (Lipinski definition) is 1. The molecule has 0 saturated carbocycles. The van der Waals surface area contributed by atoms with Crippen LogP contribution in [0.5, 0.6) is 0 Å². The van der Waals surface area contributed by atoms with Gasteiger partial charge in [0, 0.05) is 0 Å². The molecule has 0 aromatic rings. The number of unbranched alkanes of at least 4 members (excludes halogenated alkanes) is 9. The van der Waals surface area contributed by atoms with Gasteiger partial charge in [-0.05, 0) is 19.3 Å². The van der Waals surface area contributed by atoms with Gasteiger partial charge in [-0.2, -0.15) is 0 Å². The Morgan fingerprint density at radius 3 is 1.53 bits per heavy atom. The van der Waals surface area contributed by atoms with Crippen LogP contribution in [-0.2, 0) is 0 Å². The van der Waals surface area contributed by atoms with Crippen LogP contribution < -0.4 is 0 Å². The summed E-state index contributed by atoms with van der Waals surface area (Å²) < 4.78 is 0. The van der Waals surface area contributed by atoms with E-state index in [4.69, 9.17) is 0 Å². The van der Waals surface area contributed by atoms with Crippen molar-refractivity contribution in [3.63, 3.8) is 0 Å². The molecule has 0 aliphatic rings. The summed E-state index contributed by atoms with van der Waals surface area (Å²) in [4.78, 5) is 0. The van der Waals surface area contributed by atoms with Crippen molar-refractivity contribution >= 4 is 0 Å². The zero-order chi connectivity index (χ0) is 12.9. The standard InChI is InChI=1S/C16H34O/c1-4-5-6-7-8-9-10-11-12-13-14-15(2)16(3)17/h15-17H,4-14H2,1-3H3/t15-,16+/m0/s1. The Bertz CT molecular complexity index is 142. The molecular formula is C16H34O. The molecule has 0 amide bonds. The van der Waals surface area contributed by atoms with Crippen molar-refractivity contribution < 1.29 is 5.11 Å². The average molecular weight is 242 g/mol. The quantitative estimate of drug-likeness (QED) is 0.460. The van der Waals surface area contributed by atoms with E-state index in [9.17, 15) is 5.11 Å². The summed E-state index contributed by atoms with van der Waals surface area (Å²) in [5.41, 5.74) is 0. The molecule has 0 aliphatic heterocycles. The fraction of sp³-hybridized carbons (Fsp3) is 1.00. The Morgan fingerprint density at radius 2 is 1.12 bits per heavy atom. The summed E-state index contributed by atoms with van der Waals surface area (Å²) in [5, 5.41) is 9.36. The van der Waals surface area contributed by atoms with Crippen LogP contribution >= 0.6 is 0 Å². The van der Waals surface area contributed by atoms with Crippen LogP contribution in [0.1, 0.15) is 91.4 Å². The fourth-order valence-electron chi connectivity index (χ4n) is 2.19. The van der Waals surface area contributed by atoms with Crippen molar-refractivity contribution in [2.24, 2.45) is 5.92 Å². The number of rotatable bonds is 12. The van der Waals surface area contributed by atoms with Crippen molar-refractivity contribution in [1.29, 1.82) is 0 Å². The van der Waals surface area contributed by atoms with Crippen LogP contribution in [0.3, 0.4) is 0 Å². The molecule has 0 spiro atoms. The second-order valence-electron chi connectivity index (χ2n) is 5.69. The zero-order valence-corrected chi connectivity index (χ0v) is 12.4. The van der Waals surface area contributed by atoms with E-state index < -0.39 is 0 Å². The monoisotopic (exact) mass is 242 g/mol. The van der Waals surface area contributed by atoms with E-state index in [2.05, 4.69) is 13.8 Å². The van der Waals surface area contributed by atoms with Crippen LogP contribution in [0.4, 0.5) is 0 Å². The van der Waals surface area contributed by atoms with Gasteiger partial charge in [0.1, 0.15) is 0 Å². The largest absolute Gasteiger partial charge is 0.393 e. The van der Waals surface area contributed by atoms with E-state index in [1.165, 1.54) is 70.6 Å². The Labute approximate surface area is 109 Å². The normalized spacial score (nSPS) is 14.8. The molecule has 1 heteroatoms. The first-order valence-electron chi connectivity index (χ1n) is 7.86. The minimum Gasteiger partial charge on any atom is -0.393 e. The SMILES string of the molecule is CCCCCCCCCCCC[C@H](C)[C@@H](C)O. The maximum atomic E-state index is 9.36. The van der Waals surface area contributed by atoms with Gasteiger partial charge in [0.15, 0.2) is 0 Å². The molecule has 104 valence electrons. The third kappa shape index (κ3) is 12.2. The molecule has 0 aliphatic carbocycles. The highest BCUT2D eigenvalue weighted by molar-refractivity contribution is 4.59. The van der Waals surface area contributed by atoms with Crippen molar-refractivity contribution in [3.05, 3.63) is 0 Å². The third-order valence-corrected chi connectivity index (χ3v) is 3.84. The molecule has 0 rings (SSSR count). The molecule has 0 aromatic heterocycles. The van der Waals surface area contributed by atoms with Crippen molar-refractivity contribution in [3.8, 4) is 0 Å². The molecule has 0 aromatic carbocycles. The number of aliphatic hydroxyl groups is 1. The van der Waals surface area contributed by atoms with Crippen molar-refractivity contribution in [1.82, 2.24) is 0 Å². The van der Waals surface area contributed by atoms with Gasteiger partial charge in [-0.3, -0.25) is 0 Å². The molecule has 0 heterocycles. The highest BCUT2D eigenvalue weighted by Gasteiger charge is 2.07. The Hall–Kier alpha value is -0.0400. The van der Waals surface area contributed by atoms with Crippen LogP contribution in [0.2, 0.25) is 0 Å². The van der Waals surface area contributed by atoms with E-state index in [0.717, 1.165) is 0 Å². The first-order valence-corrected chi connectivity index (χ1v) is 7.86. The topological polar surface area (TPSA) is 20.2 Å². The van der Waals surface area contributed by atoms with Gasteiger partial charge >= 0.3 is 0 Å². The molecule has 2 atom stereocenters. The summed E-state index contributed by atoms with van der Waals surface area (Å²) in [6.45, 7) is 6.33. The molecule has 1 nitrogen and oxygen atoms in total. The summed E-state index contributed by atoms with van der Waals surface area (Å²) in [6.07, 6.45) is 15.0. The van der Waals surface area contributed by atoms with Gasteiger partial charge in [0.25, 0.3) is 0 Å². The highest BCUT2D eigenvalue weighted by atomic mass is 16.3. The van der Waals surface area contributed by atoms with Crippen molar-refractivity contribution in [2.45, 2.75) is 97.5 Å². The lowest BCUT2D eigenvalue weighted by molar-refractivity contribution is 0.128. The molecular weight excluding hydrogens is 208 g/mol. The lowest BCUT2D eigenvalue weighted by Gasteiger charge is -2.13.